The van der Waals surface area contributed by atoms with Crippen molar-refractivity contribution in [2.24, 2.45) is 0 Å². The summed E-state index contributed by atoms with van der Waals surface area (Å²) < 4.78 is 23.1. The fraction of sp³-hybridized carbons (Fsp3) is 0.0526. The Morgan fingerprint density at radius 3 is 2.62 bits per heavy atom. The zero-order valence-electron chi connectivity index (χ0n) is 12.8. The summed E-state index contributed by atoms with van der Waals surface area (Å²) in [6, 6.07) is 11.9. The lowest BCUT2D eigenvalue weighted by Gasteiger charge is -2.04. The van der Waals surface area contributed by atoms with Crippen LogP contribution in [0.4, 0.5) is 4.39 Å². The van der Waals surface area contributed by atoms with E-state index in [0.717, 1.165) is 10.9 Å². The smallest absolute Gasteiger partial charge is 0.336 e. The van der Waals surface area contributed by atoms with Gasteiger partial charge in [0.05, 0.1) is 0 Å². The molecule has 3 aromatic rings. The molecule has 0 saturated heterocycles. The molecule has 0 radical (unpaired) electrons. The van der Waals surface area contributed by atoms with Crippen molar-refractivity contribution in [1.82, 2.24) is 0 Å². The fourth-order valence-electron chi connectivity index (χ4n) is 2.26. The Morgan fingerprint density at radius 1 is 1.12 bits per heavy atom. The van der Waals surface area contributed by atoms with Crippen LogP contribution in [0.2, 0.25) is 0 Å². The van der Waals surface area contributed by atoms with Crippen molar-refractivity contribution in [2.75, 3.05) is 0 Å². The summed E-state index contributed by atoms with van der Waals surface area (Å²) in [7, 11) is 0. The van der Waals surface area contributed by atoms with Gasteiger partial charge in [-0.3, -0.25) is 0 Å². The van der Waals surface area contributed by atoms with E-state index < -0.39 is 11.6 Å². The molecule has 120 valence electrons. The Bertz CT molecular complexity index is 984. The number of halogens is 1. The highest BCUT2D eigenvalue weighted by atomic mass is 19.1. The minimum atomic E-state index is -0.589. The lowest BCUT2D eigenvalue weighted by Crippen LogP contribution is -2.04. The first-order chi connectivity index (χ1) is 11.5. The van der Waals surface area contributed by atoms with Gasteiger partial charge in [-0.15, -0.1) is 0 Å². The first kappa shape index (κ1) is 15.7. The van der Waals surface area contributed by atoms with Crippen LogP contribution in [-0.2, 0) is 4.79 Å². The maximum absolute atomic E-state index is 12.8. The molecule has 0 fully saturated rings. The number of ether oxygens (including phenoxy) is 1. The molecule has 24 heavy (non-hydrogen) atoms. The predicted octanol–water partition coefficient (Wildman–Crippen LogP) is 3.86. The van der Waals surface area contributed by atoms with Gasteiger partial charge in [0.1, 0.15) is 17.1 Å². The number of rotatable bonds is 3. The van der Waals surface area contributed by atoms with Crippen LogP contribution in [0.25, 0.3) is 17.0 Å². The minimum Gasteiger partial charge on any atom is -0.423 e. The summed E-state index contributed by atoms with van der Waals surface area (Å²) in [6.07, 6.45) is 2.76. The topological polar surface area (TPSA) is 56.5 Å². The quantitative estimate of drug-likeness (QED) is 0.318. The highest BCUT2D eigenvalue weighted by molar-refractivity contribution is 5.89. The summed E-state index contributed by atoms with van der Waals surface area (Å²) in [5, 5.41) is 0.774. The molecule has 1 aromatic heterocycles. The summed E-state index contributed by atoms with van der Waals surface area (Å²) in [4.78, 5) is 23.3. The average molecular weight is 324 g/mol. The van der Waals surface area contributed by atoms with Crippen molar-refractivity contribution in [3.8, 4) is 5.75 Å². The number of fused-ring (bicyclic) bond motifs is 1. The van der Waals surface area contributed by atoms with Crippen LogP contribution in [-0.4, -0.2) is 5.97 Å². The minimum absolute atomic E-state index is 0.269. The van der Waals surface area contributed by atoms with Crippen molar-refractivity contribution in [3.05, 3.63) is 82.0 Å². The van der Waals surface area contributed by atoms with Gasteiger partial charge in [0.2, 0.25) is 0 Å². The molecule has 4 nitrogen and oxygen atoms in total. The van der Waals surface area contributed by atoms with E-state index in [-0.39, 0.29) is 11.6 Å². The lowest BCUT2D eigenvalue weighted by molar-refractivity contribution is -0.128. The monoisotopic (exact) mass is 324 g/mol. The zero-order valence-corrected chi connectivity index (χ0v) is 12.8. The molecular formula is C19H13FO4. The third-order valence-corrected chi connectivity index (χ3v) is 3.42. The van der Waals surface area contributed by atoms with Crippen LogP contribution in [0.3, 0.4) is 0 Å². The van der Waals surface area contributed by atoms with Gasteiger partial charge >= 0.3 is 11.6 Å². The highest BCUT2D eigenvalue weighted by Crippen LogP contribution is 2.22. The number of benzene rings is 2. The second-order valence-corrected chi connectivity index (χ2v) is 5.21. The van der Waals surface area contributed by atoms with Gasteiger partial charge in [-0.2, -0.15) is 0 Å². The maximum Gasteiger partial charge on any atom is 0.336 e. The molecule has 0 N–H and O–H groups in total. The molecule has 0 aliphatic carbocycles. The molecule has 0 spiro atoms. The van der Waals surface area contributed by atoms with E-state index in [1.54, 1.807) is 31.2 Å². The SMILES string of the molecule is Cc1cc(=O)oc2cc(OC(=O)/C=C/c3ccc(F)cc3)ccc12. The van der Waals surface area contributed by atoms with E-state index in [9.17, 15) is 14.0 Å². The number of esters is 1. The van der Waals surface area contributed by atoms with Gasteiger partial charge in [-0.05, 0) is 48.4 Å². The van der Waals surface area contributed by atoms with Crippen molar-refractivity contribution >= 4 is 23.0 Å². The van der Waals surface area contributed by atoms with Gasteiger partial charge < -0.3 is 9.15 Å². The second kappa shape index (κ2) is 6.50. The molecule has 0 atom stereocenters. The molecule has 0 unspecified atom stereocenters. The Labute approximate surface area is 136 Å². The second-order valence-electron chi connectivity index (χ2n) is 5.21. The highest BCUT2D eigenvalue weighted by Gasteiger charge is 2.06. The number of hydrogen-bond donors (Lipinski definition) is 0. The van der Waals surface area contributed by atoms with E-state index >= 15 is 0 Å². The van der Waals surface area contributed by atoms with Crippen LogP contribution in [0.1, 0.15) is 11.1 Å². The molecule has 1 heterocycles. The summed E-state index contributed by atoms with van der Waals surface area (Å²) >= 11 is 0. The molecule has 3 rings (SSSR count). The molecule has 0 amide bonds. The summed E-state index contributed by atoms with van der Waals surface area (Å²) in [5.41, 5.74) is 1.36. The number of carbonyl (C=O) groups excluding carboxylic acids is 1. The van der Waals surface area contributed by atoms with Crippen LogP contribution < -0.4 is 10.4 Å². The Kier molecular flexibility index (Phi) is 4.24. The van der Waals surface area contributed by atoms with Crippen LogP contribution >= 0.6 is 0 Å². The first-order valence-electron chi connectivity index (χ1n) is 7.21. The molecular weight excluding hydrogens is 311 g/mol. The zero-order chi connectivity index (χ0) is 17.1. The van der Waals surface area contributed by atoms with E-state index in [2.05, 4.69) is 0 Å². The van der Waals surface area contributed by atoms with Gasteiger partial charge in [0.15, 0.2) is 0 Å². The fourth-order valence-corrected chi connectivity index (χ4v) is 2.26. The van der Waals surface area contributed by atoms with Crippen molar-refractivity contribution in [2.45, 2.75) is 6.92 Å². The molecule has 0 aliphatic heterocycles. The Balaban J connectivity index is 1.77. The first-order valence-corrected chi connectivity index (χ1v) is 7.21. The van der Waals surface area contributed by atoms with Gasteiger partial charge in [-0.1, -0.05) is 12.1 Å². The number of hydrogen-bond acceptors (Lipinski definition) is 4. The van der Waals surface area contributed by atoms with E-state index in [1.807, 2.05) is 0 Å². The molecule has 2 aromatic carbocycles. The van der Waals surface area contributed by atoms with Crippen LogP contribution in [0, 0.1) is 12.7 Å². The third kappa shape index (κ3) is 3.57. The lowest BCUT2D eigenvalue weighted by atomic mass is 10.1. The summed E-state index contributed by atoms with van der Waals surface area (Å²) in [5.74, 6) is -0.665. The summed E-state index contributed by atoms with van der Waals surface area (Å²) in [6.45, 7) is 1.80. The van der Waals surface area contributed by atoms with Gasteiger partial charge in [0.25, 0.3) is 0 Å². The molecule has 0 bridgehead atoms. The van der Waals surface area contributed by atoms with Crippen molar-refractivity contribution in [1.29, 1.82) is 0 Å². The van der Waals surface area contributed by atoms with Crippen LogP contribution in [0.5, 0.6) is 5.75 Å². The van der Waals surface area contributed by atoms with Crippen molar-refractivity contribution in [3.63, 3.8) is 0 Å². The maximum atomic E-state index is 12.8. The predicted molar refractivity (Wildman–Crippen MR) is 88.3 cm³/mol. The average Bonchev–Trinajstić information content (AvgIpc) is 2.54. The van der Waals surface area contributed by atoms with E-state index in [4.69, 9.17) is 9.15 Å². The molecule has 0 saturated carbocycles. The number of carbonyl (C=O) groups is 1. The van der Waals surface area contributed by atoms with Gasteiger partial charge in [0, 0.05) is 23.6 Å². The van der Waals surface area contributed by atoms with Gasteiger partial charge in [-0.25, -0.2) is 14.0 Å². The molecule has 5 heteroatoms. The number of aryl methyl sites for hydroxylation is 1. The normalized spacial score (nSPS) is 11.1. The van der Waals surface area contributed by atoms with Crippen molar-refractivity contribution < 1.29 is 18.3 Å². The molecule has 0 aliphatic rings. The largest absolute Gasteiger partial charge is 0.423 e. The van der Waals surface area contributed by atoms with E-state index in [0.29, 0.717) is 11.1 Å². The standard InChI is InChI=1S/C19H13FO4/c1-12-10-19(22)24-17-11-15(7-8-16(12)17)23-18(21)9-4-13-2-5-14(20)6-3-13/h2-11H,1H3/b9-4+. The Morgan fingerprint density at radius 2 is 1.88 bits per heavy atom. The Hall–Kier alpha value is -3.21. The van der Waals surface area contributed by atoms with Crippen LogP contribution in [0.15, 0.2) is 63.8 Å². The van der Waals surface area contributed by atoms with E-state index in [1.165, 1.54) is 36.4 Å². The third-order valence-electron chi connectivity index (χ3n) is 3.42.